The molecule has 0 amide bonds. The zero-order valence-corrected chi connectivity index (χ0v) is 20.9. The van der Waals surface area contributed by atoms with Gasteiger partial charge in [-0.2, -0.15) is 0 Å². The fraction of sp³-hybridized carbons (Fsp3) is 0.333. The van der Waals surface area contributed by atoms with Gasteiger partial charge in [0.15, 0.2) is 0 Å². The van der Waals surface area contributed by atoms with Crippen LogP contribution in [0.4, 0.5) is 0 Å². The van der Waals surface area contributed by atoms with Crippen molar-refractivity contribution in [2.75, 3.05) is 33.4 Å². The number of H-pyrrole nitrogens is 1. The van der Waals surface area contributed by atoms with E-state index in [-0.39, 0.29) is 12.2 Å². The number of benzene rings is 2. The van der Waals surface area contributed by atoms with Crippen molar-refractivity contribution in [1.29, 1.82) is 0 Å². The number of aromatic nitrogens is 2. The van der Waals surface area contributed by atoms with E-state index in [0.717, 1.165) is 23.3 Å². The number of aliphatic hydroxyl groups is 1. The Balaban J connectivity index is 1.48. The lowest BCUT2D eigenvalue weighted by atomic mass is 10.1. The first kappa shape index (κ1) is 25.1. The average molecular weight is 494 g/mol. The Morgan fingerprint density at radius 3 is 2.66 bits per heavy atom. The third-order valence-electron chi connectivity index (χ3n) is 5.71. The minimum Gasteiger partial charge on any atom is -0.491 e. The molecular formula is C27H31N3O4S. The number of para-hydroxylation sites is 1. The molecule has 0 bridgehead atoms. The van der Waals surface area contributed by atoms with E-state index in [0.29, 0.717) is 42.3 Å². The molecule has 4 aromatic rings. The van der Waals surface area contributed by atoms with E-state index >= 15 is 0 Å². The van der Waals surface area contributed by atoms with E-state index in [1.807, 2.05) is 66.9 Å². The highest BCUT2D eigenvalue weighted by Crippen LogP contribution is 2.30. The van der Waals surface area contributed by atoms with Crippen molar-refractivity contribution in [3.8, 4) is 16.9 Å². The average Bonchev–Trinajstić information content (AvgIpc) is 3.28. The molecule has 4 rings (SSSR count). The van der Waals surface area contributed by atoms with Crippen LogP contribution in [0.25, 0.3) is 21.3 Å². The summed E-state index contributed by atoms with van der Waals surface area (Å²) in [7, 11) is 1.67. The third kappa shape index (κ3) is 6.76. The molecule has 0 fully saturated rings. The first-order valence-corrected chi connectivity index (χ1v) is 12.6. The summed E-state index contributed by atoms with van der Waals surface area (Å²) in [5.74, 6) is 1.30. The number of thiophene rings is 1. The molecule has 2 aromatic carbocycles. The first-order valence-electron chi connectivity index (χ1n) is 11.7. The van der Waals surface area contributed by atoms with Crippen molar-refractivity contribution >= 4 is 21.6 Å². The molecule has 1 atom stereocenters. The molecule has 0 aliphatic rings. The summed E-state index contributed by atoms with van der Waals surface area (Å²) < 4.78 is 10.9. The normalized spacial score (nSPS) is 12.3. The lowest BCUT2D eigenvalue weighted by molar-refractivity contribution is 0.0609. The maximum absolute atomic E-state index is 13.0. The SMILES string of the molecule is COCCCN(Cc1nc2scc(-c3ccc(C)cc3)c2c(=O)[nH]1)C[C@H](O)COc1ccccc1. The van der Waals surface area contributed by atoms with Crippen molar-refractivity contribution in [2.45, 2.75) is 26.0 Å². The van der Waals surface area contributed by atoms with Gasteiger partial charge >= 0.3 is 0 Å². The summed E-state index contributed by atoms with van der Waals surface area (Å²) in [6.07, 6.45) is 0.106. The molecule has 7 nitrogen and oxygen atoms in total. The molecule has 2 heterocycles. The highest BCUT2D eigenvalue weighted by Gasteiger charge is 2.17. The minimum atomic E-state index is -0.692. The monoisotopic (exact) mass is 493 g/mol. The van der Waals surface area contributed by atoms with Crippen LogP contribution in [-0.2, 0) is 11.3 Å². The Hall–Kier alpha value is -3.04. The van der Waals surface area contributed by atoms with Gasteiger partial charge in [0.1, 0.15) is 29.1 Å². The zero-order chi connectivity index (χ0) is 24.6. The van der Waals surface area contributed by atoms with Crippen LogP contribution in [0.2, 0.25) is 0 Å². The van der Waals surface area contributed by atoms with E-state index in [2.05, 4.69) is 9.88 Å². The largest absolute Gasteiger partial charge is 0.491 e. The number of nitrogens with one attached hydrogen (secondary N) is 1. The highest BCUT2D eigenvalue weighted by atomic mass is 32.1. The van der Waals surface area contributed by atoms with Gasteiger partial charge in [0.2, 0.25) is 0 Å². The van der Waals surface area contributed by atoms with Crippen LogP contribution < -0.4 is 10.3 Å². The van der Waals surface area contributed by atoms with Crippen LogP contribution in [0.3, 0.4) is 0 Å². The summed E-state index contributed by atoms with van der Waals surface area (Å²) in [4.78, 5) is 23.5. The number of fused-ring (bicyclic) bond motifs is 1. The van der Waals surface area contributed by atoms with Crippen molar-refractivity contribution in [3.63, 3.8) is 0 Å². The van der Waals surface area contributed by atoms with Gasteiger partial charge in [-0.25, -0.2) is 4.98 Å². The Morgan fingerprint density at radius 1 is 1.14 bits per heavy atom. The topological polar surface area (TPSA) is 87.7 Å². The number of aromatic amines is 1. The van der Waals surface area contributed by atoms with Crippen LogP contribution in [-0.4, -0.2) is 59.5 Å². The van der Waals surface area contributed by atoms with Crippen LogP contribution in [0.5, 0.6) is 5.75 Å². The maximum atomic E-state index is 13.0. The Labute approximate surface area is 209 Å². The standard InChI is InChI=1S/C27H31N3O4S/c1-19-9-11-20(12-10-19)23-18-35-27-25(23)26(32)28-24(29-27)16-30(13-6-14-33-2)15-21(31)17-34-22-7-4-3-5-8-22/h3-5,7-12,18,21,31H,6,13-17H2,1-2H3,(H,28,29,32)/t21-/m0/s1. The second kappa shape index (κ2) is 12.1. The van der Waals surface area contributed by atoms with Gasteiger partial charge in [0.05, 0.1) is 11.9 Å². The van der Waals surface area contributed by atoms with Crippen LogP contribution in [0.15, 0.2) is 64.8 Å². The Kier molecular flexibility index (Phi) is 8.65. The second-order valence-corrected chi connectivity index (χ2v) is 9.43. The van der Waals surface area contributed by atoms with Gasteiger partial charge in [-0.3, -0.25) is 9.69 Å². The molecule has 184 valence electrons. The van der Waals surface area contributed by atoms with Gasteiger partial charge in [0, 0.05) is 37.7 Å². The fourth-order valence-electron chi connectivity index (χ4n) is 3.95. The third-order valence-corrected chi connectivity index (χ3v) is 6.58. The van der Waals surface area contributed by atoms with Gasteiger partial charge in [-0.1, -0.05) is 48.0 Å². The number of hydrogen-bond donors (Lipinski definition) is 2. The fourth-order valence-corrected chi connectivity index (χ4v) is 4.92. The van der Waals surface area contributed by atoms with Gasteiger partial charge in [-0.15, -0.1) is 11.3 Å². The van der Waals surface area contributed by atoms with E-state index < -0.39 is 6.10 Å². The quantitative estimate of drug-likeness (QED) is 0.287. The lowest BCUT2D eigenvalue weighted by Crippen LogP contribution is -2.37. The molecule has 0 saturated carbocycles. The zero-order valence-electron chi connectivity index (χ0n) is 20.1. The highest BCUT2D eigenvalue weighted by molar-refractivity contribution is 7.17. The number of nitrogens with zero attached hydrogens (tertiary/aromatic N) is 2. The van der Waals surface area contributed by atoms with E-state index in [1.165, 1.54) is 16.9 Å². The molecule has 2 N–H and O–H groups in total. The van der Waals surface area contributed by atoms with E-state index in [9.17, 15) is 9.90 Å². The molecule has 0 aliphatic carbocycles. The predicted octanol–water partition coefficient (Wildman–Crippen LogP) is 4.24. The molecule has 0 aliphatic heterocycles. The van der Waals surface area contributed by atoms with Crippen LogP contribution in [0.1, 0.15) is 17.8 Å². The molecule has 35 heavy (non-hydrogen) atoms. The number of methoxy groups -OCH3 is 1. The van der Waals surface area contributed by atoms with Crippen molar-refractivity contribution in [1.82, 2.24) is 14.9 Å². The summed E-state index contributed by atoms with van der Waals surface area (Å²) in [6.45, 7) is 4.32. The summed E-state index contributed by atoms with van der Waals surface area (Å²) in [5, 5.41) is 13.2. The smallest absolute Gasteiger partial charge is 0.260 e. The minimum absolute atomic E-state index is 0.147. The first-order chi connectivity index (χ1) is 17.0. The Bertz CT molecular complexity index is 1270. The van der Waals surface area contributed by atoms with Crippen molar-refractivity contribution in [2.24, 2.45) is 0 Å². The molecular weight excluding hydrogens is 462 g/mol. The summed E-state index contributed by atoms with van der Waals surface area (Å²) in [6, 6.07) is 17.6. The lowest BCUT2D eigenvalue weighted by Gasteiger charge is -2.24. The van der Waals surface area contributed by atoms with E-state index in [1.54, 1.807) is 7.11 Å². The molecule has 0 saturated heterocycles. The molecule has 0 unspecified atom stereocenters. The molecule has 8 heteroatoms. The van der Waals surface area contributed by atoms with Gasteiger partial charge in [-0.05, 0) is 31.0 Å². The number of aryl methyl sites for hydroxylation is 1. The molecule has 0 spiro atoms. The Morgan fingerprint density at radius 2 is 1.91 bits per heavy atom. The molecule has 2 aromatic heterocycles. The number of rotatable bonds is 12. The van der Waals surface area contributed by atoms with Crippen molar-refractivity contribution in [3.05, 3.63) is 81.7 Å². The summed E-state index contributed by atoms with van der Waals surface area (Å²) >= 11 is 1.47. The van der Waals surface area contributed by atoms with E-state index in [4.69, 9.17) is 14.5 Å². The van der Waals surface area contributed by atoms with Crippen LogP contribution >= 0.6 is 11.3 Å². The van der Waals surface area contributed by atoms with Gasteiger partial charge in [0.25, 0.3) is 5.56 Å². The van der Waals surface area contributed by atoms with Crippen LogP contribution in [0, 0.1) is 6.92 Å². The summed E-state index contributed by atoms with van der Waals surface area (Å²) in [5.41, 5.74) is 2.93. The predicted molar refractivity (Wildman–Crippen MR) is 140 cm³/mol. The second-order valence-electron chi connectivity index (χ2n) is 8.57. The van der Waals surface area contributed by atoms with Gasteiger partial charge < -0.3 is 19.6 Å². The van der Waals surface area contributed by atoms with Crippen molar-refractivity contribution < 1.29 is 14.6 Å². The number of ether oxygens (including phenoxy) is 2. The number of aliphatic hydroxyl groups excluding tert-OH is 1. The molecule has 0 radical (unpaired) electrons. The maximum Gasteiger partial charge on any atom is 0.260 e. The number of hydrogen-bond acceptors (Lipinski definition) is 7.